The number of likely N-dealkylation sites (N-methyl/N-ethyl adjacent to an activating group) is 2. The van der Waals surface area contributed by atoms with E-state index in [0.717, 1.165) is 19.4 Å². The number of rotatable bonds is 5. The lowest BCUT2D eigenvalue weighted by Crippen LogP contribution is -2.45. The Morgan fingerprint density at radius 3 is 2.65 bits per heavy atom. The molecule has 1 saturated heterocycles. The van der Waals surface area contributed by atoms with Gasteiger partial charge in [0.1, 0.15) is 6.54 Å². The summed E-state index contributed by atoms with van der Waals surface area (Å²) in [5.41, 5.74) is 0. The summed E-state index contributed by atoms with van der Waals surface area (Å²) in [6.07, 6.45) is 2.09. The van der Waals surface area contributed by atoms with E-state index in [0.29, 0.717) is 13.1 Å². The molecule has 1 N–H and O–H groups in total. The maximum atomic E-state index is 11.9. The Bertz CT molecular complexity index is 277. The Balaban J connectivity index is 2.47. The first kappa shape index (κ1) is 13.8. The van der Waals surface area contributed by atoms with Crippen molar-refractivity contribution < 1.29 is 19.4 Å². The Kier molecular flexibility index (Phi) is 5.21. The van der Waals surface area contributed by atoms with Crippen molar-refractivity contribution in [1.82, 2.24) is 9.80 Å². The first-order valence-corrected chi connectivity index (χ1v) is 5.88. The fraction of sp³-hybridized carbons (Fsp3) is 0.818. The highest BCUT2D eigenvalue weighted by Crippen LogP contribution is 2.13. The number of carbonyl (C=O) groups excluding carboxylic acids is 1. The molecular weight excluding hydrogens is 224 g/mol. The van der Waals surface area contributed by atoms with E-state index >= 15 is 0 Å². The van der Waals surface area contributed by atoms with Crippen LogP contribution in [0.2, 0.25) is 0 Å². The van der Waals surface area contributed by atoms with Crippen LogP contribution in [-0.2, 0) is 9.53 Å². The summed E-state index contributed by atoms with van der Waals surface area (Å²) in [7, 11) is 1.49. The van der Waals surface area contributed by atoms with Gasteiger partial charge < -0.3 is 19.6 Å². The van der Waals surface area contributed by atoms with Gasteiger partial charge in [0.15, 0.2) is 0 Å². The zero-order valence-electron chi connectivity index (χ0n) is 10.4. The van der Waals surface area contributed by atoms with E-state index in [2.05, 4.69) is 0 Å². The highest BCUT2D eigenvalue weighted by molar-refractivity contribution is 5.79. The molecule has 0 radical (unpaired) electrons. The molecule has 1 fully saturated rings. The number of carboxylic acids is 1. The zero-order chi connectivity index (χ0) is 12.8. The summed E-state index contributed by atoms with van der Waals surface area (Å²) in [5, 5.41) is 8.63. The fourth-order valence-electron chi connectivity index (χ4n) is 1.89. The molecule has 98 valence electrons. The van der Waals surface area contributed by atoms with Gasteiger partial charge in [-0.2, -0.15) is 0 Å². The third-order valence-corrected chi connectivity index (χ3v) is 2.80. The second-order valence-corrected chi connectivity index (χ2v) is 4.21. The maximum absolute atomic E-state index is 11.9. The van der Waals surface area contributed by atoms with Gasteiger partial charge in [-0.25, -0.2) is 4.79 Å². The molecule has 0 saturated carbocycles. The molecule has 1 unspecified atom stereocenters. The molecular formula is C11H20N2O4. The van der Waals surface area contributed by atoms with Crippen LogP contribution < -0.4 is 0 Å². The molecule has 1 heterocycles. The molecule has 0 aromatic carbocycles. The molecule has 1 rings (SSSR count). The molecule has 1 aliphatic heterocycles. The Morgan fingerprint density at radius 2 is 2.18 bits per heavy atom. The van der Waals surface area contributed by atoms with Gasteiger partial charge in [0, 0.05) is 26.7 Å². The number of carbonyl (C=O) groups is 2. The average Bonchev–Trinajstić information content (AvgIpc) is 2.76. The summed E-state index contributed by atoms with van der Waals surface area (Å²) in [4.78, 5) is 25.3. The van der Waals surface area contributed by atoms with Crippen LogP contribution in [0.15, 0.2) is 0 Å². The van der Waals surface area contributed by atoms with E-state index in [1.807, 2.05) is 6.92 Å². The lowest BCUT2D eigenvalue weighted by Gasteiger charge is -2.28. The van der Waals surface area contributed by atoms with Crippen LogP contribution in [0.3, 0.4) is 0 Å². The smallest absolute Gasteiger partial charge is 0.323 e. The molecule has 17 heavy (non-hydrogen) atoms. The van der Waals surface area contributed by atoms with Crippen LogP contribution in [0.4, 0.5) is 4.79 Å². The van der Waals surface area contributed by atoms with E-state index < -0.39 is 5.97 Å². The molecule has 2 amide bonds. The molecule has 0 aromatic heterocycles. The number of nitrogens with zero attached hydrogens (tertiary/aromatic N) is 2. The average molecular weight is 244 g/mol. The monoisotopic (exact) mass is 244 g/mol. The fourth-order valence-corrected chi connectivity index (χ4v) is 1.89. The van der Waals surface area contributed by atoms with Crippen molar-refractivity contribution in [2.45, 2.75) is 25.9 Å². The zero-order valence-corrected chi connectivity index (χ0v) is 10.4. The number of aliphatic carboxylic acids is 1. The second-order valence-electron chi connectivity index (χ2n) is 4.21. The Morgan fingerprint density at radius 1 is 1.47 bits per heavy atom. The highest BCUT2D eigenvalue weighted by atomic mass is 16.5. The maximum Gasteiger partial charge on any atom is 0.323 e. The summed E-state index contributed by atoms with van der Waals surface area (Å²) >= 11 is 0. The quantitative estimate of drug-likeness (QED) is 0.769. The number of amides is 2. The minimum atomic E-state index is -1.01. The first-order chi connectivity index (χ1) is 8.04. The van der Waals surface area contributed by atoms with Crippen molar-refractivity contribution in [3.05, 3.63) is 0 Å². The van der Waals surface area contributed by atoms with Gasteiger partial charge in [0.25, 0.3) is 0 Å². The molecule has 0 bridgehead atoms. The third kappa shape index (κ3) is 4.22. The van der Waals surface area contributed by atoms with Crippen LogP contribution >= 0.6 is 0 Å². The molecule has 0 spiro atoms. The largest absolute Gasteiger partial charge is 0.480 e. The van der Waals surface area contributed by atoms with Gasteiger partial charge in [-0.05, 0) is 19.8 Å². The standard InChI is InChI=1S/C11H20N2O4/c1-3-13(7-9-5-4-6-17-9)11(16)12(2)8-10(14)15/h9H,3-8H2,1-2H3,(H,14,15). The van der Waals surface area contributed by atoms with Gasteiger partial charge in [0.2, 0.25) is 0 Å². The molecule has 1 aliphatic rings. The van der Waals surface area contributed by atoms with Gasteiger partial charge in [-0.3, -0.25) is 4.79 Å². The van der Waals surface area contributed by atoms with Crippen LogP contribution in [0.25, 0.3) is 0 Å². The van der Waals surface area contributed by atoms with E-state index in [1.54, 1.807) is 4.90 Å². The third-order valence-electron chi connectivity index (χ3n) is 2.80. The van der Waals surface area contributed by atoms with Gasteiger partial charge >= 0.3 is 12.0 Å². The lowest BCUT2D eigenvalue weighted by molar-refractivity contribution is -0.137. The van der Waals surface area contributed by atoms with Gasteiger partial charge in [-0.1, -0.05) is 0 Å². The molecule has 0 aromatic rings. The van der Waals surface area contributed by atoms with Crippen LogP contribution in [0.1, 0.15) is 19.8 Å². The first-order valence-electron chi connectivity index (χ1n) is 5.88. The van der Waals surface area contributed by atoms with Crippen molar-refractivity contribution in [2.75, 3.05) is 33.3 Å². The van der Waals surface area contributed by atoms with Crippen LogP contribution in [0, 0.1) is 0 Å². The predicted octanol–water partition coefficient (Wildman–Crippen LogP) is 0.624. The number of urea groups is 1. The van der Waals surface area contributed by atoms with E-state index in [1.165, 1.54) is 11.9 Å². The summed E-state index contributed by atoms with van der Waals surface area (Å²) in [5.74, 6) is -1.01. The van der Waals surface area contributed by atoms with Crippen molar-refractivity contribution in [1.29, 1.82) is 0 Å². The summed E-state index contributed by atoms with van der Waals surface area (Å²) in [6, 6.07) is -0.259. The van der Waals surface area contributed by atoms with Gasteiger partial charge in [0.05, 0.1) is 6.10 Å². The topological polar surface area (TPSA) is 70.1 Å². The van der Waals surface area contributed by atoms with E-state index in [-0.39, 0.29) is 18.7 Å². The second kappa shape index (κ2) is 6.44. The molecule has 1 atom stereocenters. The Labute approximate surface area is 101 Å². The molecule has 6 heteroatoms. The minimum Gasteiger partial charge on any atom is -0.480 e. The van der Waals surface area contributed by atoms with E-state index in [9.17, 15) is 9.59 Å². The van der Waals surface area contributed by atoms with Crippen molar-refractivity contribution >= 4 is 12.0 Å². The number of carboxylic acid groups (broad SMARTS) is 1. The summed E-state index contributed by atoms with van der Waals surface area (Å²) in [6.45, 7) is 3.45. The van der Waals surface area contributed by atoms with Crippen LogP contribution in [-0.4, -0.2) is 66.3 Å². The normalized spacial score (nSPS) is 19.1. The summed E-state index contributed by atoms with van der Waals surface area (Å²) < 4.78 is 5.47. The van der Waals surface area contributed by atoms with Crippen molar-refractivity contribution in [3.63, 3.8) is 0 Å². The number of ether oxygens (including phenoxy) is 1. The Hall–Kier alpha value is -1.30. The predicted molar refractivity (Wildman–Crippen MR) is 61.9 cm³/mol. The van der Waals surface area contributed by atoms with Crippen LogP contribution in [0.5, 0.6) is 0 Å². The minimum absolute atomic E-state index is 0.0946. The highest BCUT2D eigenvalue weighted by Gasteiger charge is 2.24. The SMILES string of the molecule is CCN(CC1CCCO1)C(=O)N(C)CC(=O)O. The number of hydrogen-bond donors (Lipinski definition) is 1. The molecule has 6 nitrogen and oxygen atoms in total. The lowest BCUT2D eigenvalue weighted by atomic mass is 10.2. The van der Waals surface area contributed by atoms with Crippen molar-refractivity contribution in [2.24, 2.45) is 0 Å². The van der Waals surface area contributed by atoms with Crippen molar-refractivity contribution in [3.8, 4) is 0 Å². The van der Waals surface area contributed by atoms with E-state index in [4.69, 9.17) is 9.84 Å². The molecule has 0 aliphatic carbocycles. The van der Waals surface area contributed by atoms with Gasteiger partial charge in [-0.15, -0.1) is 0 Å². The number of hydrogen-bond acceptors (Lipinski definition) is 3.